The van der Waals surface area contributed by atoms with E-state index in [1.54, 1.807) is 4.57 Å². The summed E-state index contributed by atoms with van der Waals surface area (Å²) in [5.41, 5.74) is 6.43. The molecule has 0 aliphatic rings. The molecular weight excluding hydrogens is 360 g/mol. The molecule has 0 bridgehead atoms. The van der Waals surface area contributed by atoms with E-state index in [4.69, 9.17) is 5.73 Å². The fourth-order valence-corrected chi connectivity index (χ4v) is 3.20. The number of nitrogens with one attached hydrogen (secondary N) is 1. The Morgan fingerprint density at radius 1 is 1.25 bits per heavy atom. The van der Waals surface area contributed by atoms with E-state index in [9.17, 15) is 14.4 Å². The van der Waals surface area contributed by atoms with Gasteiger partial charge in [0.25, 0.3) is 5.56 Å². The zero-order chi connectivity index (χ0) is 20.4. The molecule has 0 saturated carbocycles. The number of aryl methyl sites for hydroxylation is 1. The van der Waals surface area contributed by atoms with E-state index in [-0.39, 0.29) is 24.0 Å². The van der Waals surface area contributed by atoms with E-state index >= 15 is 0 Å². The highest BCUT2D eigenvalue weighted by Gasteiger charge is 2.22. The highest BCUT2D eigenvalue weighted by atomic mass is 16.2. The number of nitrogens with zero attached hydrogens (tertiary/aromatic N) is 4. The summed E-state index contributed by atoms with van der Waals surface area (Å²) in [4.78, 5) is 45.2. The number of carbonyl (C=O) groups excluding carboxylic acids is 1. The van der Waals surface area contributed by atoms with E-state index in [1.165, 1.54) is 16.5 Å². The summed E-state index contributed by atoms with van der Waals surface area (Å²) in [5, 5.41) is 0. The lowest BCUT2D eigenvalue weighted by molar-refractivity contribution is -0.118. The molecular formula is C19H24N6O3. The molecule has 2 aromatic heterocycles. The normalized spacial score (nSPS) is 11.1. The molecule has 0 spiro atoms. The maximum atomic E-state index is 12.9. The number of hydrogen-bond acceptors (Lipinski definition) is 5. The quantitative estimate of drug-likeness (QED) is 0.663. The van der Waals surface area contributed by atoms with Gasteiger partial charge in [-0.25, -0.2) is 9.78 Å². The van der Waals surface area contributed by atoms with E-state index in [0.29, 0.717) is 12.4 Å². The zero-order valence-electron chi connectivity index (χ0n) is 16.2. The van der Waals surface area contributed by atoms with Gasteiger partial charge in [-0.2, -0.15) is 0 Å². The summed E-state index contributed by atoms with van der Waals surface area (Å²) in [6, 6.07) is 7.52. The number of imidazole rings is 1. The Morgan fingerprint density at radius 3 is 2.68 bits per heavy atom. The third kappa shape index (κ3) is 3.42. The Morgan fingerprint density at radius 2 is 1.96 bits per heavy atom. The minimum atomic E-state index is -0.682. The monoisotopic (exact) mass is 384 g/mol. The molecule has 3 aromatic rings. The SMILES string of the molecule is CCCCn1c(N)c(N(C)C(=O)Cn2c(C)nc3ccccc32)c(=O)[nH]c1=O. The number of anilines is 2. The molecule has 1 amide bonds. The van der Waals surface area contributed by atoms with Gasteiger partial charge in [0.1, 0.15) is 18.2 Å². The van der Waals surface area contributed by atoms with Gasteiger partial charge >= 0.3 is 5.69 Å². The number of aromatic nitrogens is 4. The molecule has 0 unspecified atom stereocenters. The predicted molar refractivity (Wildman–Crippen MR) is 109 cm³/mol. The number of benzene rings is 1. The molecule has 3 N–H and O–H groups in total. The summed E-state index contributed by atoms with van der Waals surface area (Å²) >= 11 is 0. The predicted octanol–water partition coefficient (Wildman–Crippen LogP) is 1.24. The molecule has 2 heterocycles. The molecule has 0 aliphatic carbocycles. The van der Waals surface area contributed by atoms with Crippen molar-refractivity contribution < 1.29 is 4.79 Å². The molecule has 0 radical (unpaired) electrons. The number of amides is 1. The summed E-state index contributed by atoms with van der Waals surface area (Å²) in [7, 11) is 1.48. The number of nitrogens with two attached hydrogens (primary N) is 1. The third-order valence-electron chi connectivity index (χ3n) is 4.80. The highest BCUT2D eigenvalue weighted by molar-refractivity contribution is 5.95. The molecule has 3 rings (SSSR count). The Balaban J connectivity index is 1.96. The lowest BCUT2D eigenvalue weighted by Gasteiger charge is -2.21. The highest BCUT2D eigenvalue weighted by Crippen LogP contribution is 2.19. The van der Waals surface area contributed by atoms with Crippen LogP contribution in [0.2, 0.25) is 0 Å². The first-order valence-electron chi connectivity index (χ1n) is 9.16. The van der Waals surface area contributed by atoms with Gasteiger partial charge in [0, 0.05) is 13.6 Å². The number of unbranched alkanes of at least 4 members (excludes halogenated alkanes) is 1. The van der Waals surface area contributed by atoms with Gasteiger partial charge in [-0.3, -0.25) is 19.1 Å². The first-order chi connectivity index (χ1) is 13.3. The van der Waals surface area contributed by atoms with Gasteiger partial charge < -0.3 is 15.2 Å². The zero-order valence-corrected chi connectivity index (χ0v) is 16.2. The van der Waals surface area contributed by atoms with Crippen LogP contribution in [0.5, 0.6) is 0 Å². The Hall–Kier alpha value is -3.36. The second-order valence-corrected chi connectivity index (χ2v) is 6.68. The van der Waals surface area contributed by atoms with Crippen molar-refractivity contribution in [1.82, 2.24) is 19.1 Å². The van der Waals surface area contributed by atoms with Crippen molar-refractivity contribution in [1.29, 1.82) is 0 Å². The fourth-order valence-electron chi connectivity index (χ4n) is 3.20. The molecule has 9 nitrogen and oxygen atoms in total. The topological polar surface area (TPSA) is 119 Å². The first kappa shape index (κ1) is 19.4. The van der Waals surface area contributed by atoms with E-state index < -0.39 is 11.2 Å². The van der Waals surface area contributed by atoms with E-state index in [2.05, 4.69) is 9.97 Å². The minimum Gasteiger partial charge on any atom is -0.383 e. The van der Waals surface area contributed by atoms with Crippen molar-refractivity contribution in [2.75, 3.05) is 17.7 Å². The maximum absolute atomic E-state index is 12.9. The molecule has 148 valence electrons. The van der Waals surface area contributed by atoms with Gasteiger partial charge in [-0.1, -0.05) is 25.5 Å². The summed E-state index contributed by atoms with van der Waals surface area (Å²) in [5.74, 6) is 0.340. The van der Waals surface area contributed by atoms with Crippen LogP contribution in [0, 0.1) is 6.92 Å². The Bertz CT molecular complexity index is 1140. The second kappa shape index (κ2) is 7.71. The lowest BCUT2D eigenvalue weighted by Crippen LogP contribution is -2.40. The van der Waals surface area contributed by atoms with Crippen LogP contribution in [0.15, 0.2) is 33.9 Å². The van der Waals surface area contributed by atoms with E-state index in [1.807, 2.05) is 38.1 Å². The van der Waals surface area contributed by atoms with Crippen LogP contribution in [0.1, 0.15) is 25.6 Å². The largest absolute Gasteiger partial charge is 0.383 e. The van der Waals surface area contributed by atoms with Gasteiger partial charge in [0.15, 0.2) is 5.69 Å². The van der Waals surface area contributed by atoms with Crippen LogP contribution in [0.25, 0.3) is 11.0 Å². The van der Waals surface area contributed by atoms with Crippen molar-refractivity contribution in [3.8, 4) is 0 Å². The maximum Gasteiger partial charge on any atom is 0.330 e. The Labute approximate surface area is 161 Å². The number of likely N-dealkylation sites (N-methyl/N-ethyl adjacent to an activating group) is 1. The van der Waals surface area contributed by atoms with Crippen molar-refractivity contribution in [3.05, 3.63) is 50.9 Å². The minimum absolute atomic E-state index is 0.00415. The lowest BCUT2D eigenvalue weighted by atomic mass is 10.3. The molecule has 28 heavy (non-hydrogen) atoms. The number of fused-ring (bicyclic) bond motifs is 1. The van der Waals surface area contributed by atoms with Crippen LogP contribution in [-0.2, 0) is 17.9 Å². The van der Waals surface area contributed by atoms with Crippen molar-refractivity contribution in [2.45, 2.75) is 39.8 Å². The number of hydrogen-bond donors (Lipinski definition) is 2. The number of aromatic amines is 1. The molecule has 0 aliphatic heterocycles. The summed E-state index contributed by atoms with van der Waals surface area (Å²) in [6.45, 7) is 4.18. The molecule has 1 aromatic carbocycles. The molecule has 0 fully saturated rings. The number of para-hydroxylation sites is 2. The number of carbonyl (C=O) groups is 1. The fraction of sp³-hybridized carbons (Fsp3) is 0.368. The number of H-pyrrole nitrogens is 1. The first-order valence-corrected chi connectivity index (χ1v) is 9.16. The van der Waals surface area contributed by atoms with Gasteiger partial charge in [-0.15, -0.1) is 0 Å². The average molecular weight is 384 g/mol. The second-order valence-electron chi connectivity index (χ2n) is 6.68. The van der Waals surface area contributed by atoms with Crippen molar-refractivity contribution >= 4 is 28.4 Å². The van der Waals surface area contributed by atoms with Gasteiger partial charge in [0.2, 0.25) is 5.91 Å². The van der Waals surface area contributed by atoms with E-state index in [0.717, 1.165) is 23.9 Å². The van der Waals surface area contributed by atoms with Crippen LogP contribution in [0.4, 0.5) is 11.5 Å². The molecule has 0 atom stereocenters. The summed E-state index contributed by atoms with van der Waals surface area (Å²) in [6.07, 6.45) is 1.59. The third-order valence-corrected chi connectivity index (χ3v) is 4.80. The van der Waals surface area contributed by atoms with Crippen molar-refractivity contribution in [2.24, 2.45) is 0 Å². The van der Waals surface area contributed by atoms with Crippen LogP contribution in [-0.4, -0.2) is 32.1 Å². The standard InChI is InChI=1S/C19H24N6O3/c1-4-5-10-24-17(20)16(18(27)22-19(24)28)23(3)15(26)11-25-12(2)21-13-8-6-7-9-14(13)25/h6-9H,4-5,10-11,20H2,1-3H3,(H,22,27,28). The average Bonchev–Trinajstić information content (AvgIpc) is 2.96. The van der Waals surface area contributed by atoms with Crippen LogP contribution in [0.3, 0.4) is 0 Å². The van der Waals surface area contributed by atoms with Crippen molar-refractivity contribution in [3.63, 3.8) is 0 Å². The molecule has 0 saturated heterocycles. The Kier molecular flexibility index (Phi) is 5.34. The number of nitrogen functional groups attached to an aromatic ring is 1. The smallest absolute Gasteiger partial charge is 0.330 e. The van der Waals surface area contributed by atoms with Gasteiger partial charge in [0.05, 0.1) is 11.0 Å². The van der Waals surface area contributed by atoms with Gasteiger partial charge in [-0.05, 0) is 25.5 Å². The van der Waals surface area contributed by atoms with Crippen LogP contribution < -0.4 is 21.9 Å². The molecule has 9 heteroatoms. The summed E-state index contributed by atoms with van der Waals surface area (Å²) < 4.78 is 3.08. The van der Waals surface area contributed by atoms with Crippen LogP contribution >= 0.6 is 0 Å². The number of rotatable bonds is 6.